The van der Waals surface area contributed by atoms with Crippen molar-refractivity contribution in [2.24, 2.45) is 17.8 Å². The van der Waals surface area contributed by atoms with Crippen LogP contribution in [0.3, 0.4) is 0 Å². The molecule has 0 spiro atoms. The molecule has 1 aromatic rings. The zero-order valence-corrected chi connectivity index (χ0v) is 16.8. The molecule has 0 radical (unpaired) electrons. The summed E-state index contributed by atoms with van der Waals surface area (Å²) >= 11 is 6.86. The Balaban J connectivity index is 1.46. The number of nitrogens with one attached hydrogen (secondary N) is 1. The third-order valence-corrected chi connectivity index (χ3v) is 6.38. The summed E-state index contributed by atoms with van der Waals surface area (Å²) in [4.78, 5) is 24.0. The largest absolute Gasteiger partial charge is 0.456 e. The average Bonchev–Trinajstić information content (AvgIpc) is 3.11. The van der Waals surface area contributed by atoms with Crippen LogP contribution in [0.4, 0.5) is 5.69 Å². The molecule has 3 rings (SSSR count). The van der Waals surface area contributed by atoms with E-state index in [4.69, 9.17) is 4.74 Å². The number of fused-ring (bicyclic) bond motifs is 2. The Kier molecular flexibility index (Phi) is 5.65. The van der Waals surface area contributed by atoms with Crippen LogP contribution in [0.2, 0.25) is 0 Å². The lowest BCUT2D eigenvalue weighted by Crippen LogP contribution is -2.23. The molecular weight excluding hydrogens is 438 g/mol. The number of halogens is 2. The molecule has 4 nitrogen and oxygen atoms in total. The van der Waals surface area contributed by atoms with E-state index in [-0.39, 0.29) is 18.5 Å². The molecule has 0 heterocycles. The van der Waals surface area contributed by atoms with Gasteiger partial charge >= 0.3 is 5.97 Å². The third kappa shape index (κ3) is 4.20. The zero-order valence-electron chi connectivity index (χ0n) is 13.6. The van der Waals surface area contributed by atoms with Gasteiger partial charge in [0.25, 0.3) is 5.91 Å². The molecule has 0 unspecified atom stereocenters. The van der Waals surface area contributed by atoms with Crippen molar-refractivity contribution < 1.29 is 14.3 Å². The Morgan fingerprint density at radius 3 is 2.50 bits per heavy atom. The number of hydrogen-bond acceptors (Lipinski definition) is 3. The molecule has 2 saturated carbocycles. The quantitative estimate of drug-likeness (QED) is 0.643. The summed E-state index contributed by atoms with van der Waals surface area (Å²) in [6, 6.07) is 3.84. The van der Waals surface area contributed by atoms with E-state index in [1.54, 1.807) is 0 Å². The highest BCUT2D eigenvalue weighted by atomic mass is 79.9. The molecule has 1 amide bonds. The second-order valence-corrected chi connectivity index (χ2v) is 8.66. The molecule has 0 aromatic heterocycles. The van der Waals surface area contributed by atoms with E-state index in [0.717, 1.165) is 26.8 Å². The second-order valence-electron chi connectivity index (χ2n) is 6.95. The van der Waals surface area contributed by atoms with Crippen molar-refractivity contribution in [1.82, 2.24) is 0 Å². The second kappa shape index (κ2) is 7.56. The van der Waals surface area contributed by atoms with Crippen molar-refractivity contribution in [3.05, 3.63) is 26.6 Å². The molecule has 2 aliphatic carbocycles. The van der Waals surface area contributed by atoms with Gasteiger partial charge in [0.2, 0.25) is 0 Å². The molecule has 0 aliphatic heterocycles. The lowest BCUT2D eigenvalue weighted by molar-refractivity contribution is -0.148. The first-order valence-electron chi connectivity index (χ1n) is 8.33. The molecule has 2 fully saturated rings. The number of rotatable bonds is 5. The summed E-state index contributed by atoms with van der Waals surface area (Å²) < 4.78 is 6.74. The monoisotopic (exact) mass is 457 g/mol. The molecule has 3 atom stereocenters. The van der Waals surface area contributed by atoms with Gasteiger partial charge in [-0.3, -0.25) is 9.59 Å². The minimum Gasteiger partial charge on any atom is -0.456 e. The molecule has 2 bridgehead atoms. The van der Waals surface area contributed by atoms with Gasteiger partial charge in [-0.1, -0.05) is 6.42 Å². The smallest absolute Gasteiger partial charge is 0.306 e. The van der Waals surface area contributed by atoms with Crippen molar-refractivity contribution in [3.63, 3.8) is 0 Å². The number of amides is 1. The van der Waals surface area contributed by atoms with Gasteiger partial charge in [0.05, 0.1) is 5.69 Å². The first-order chi connectivity index (χ1) is 11.4. The Labute approximate surface area is 159 Å². The number of carbonyl (C=O) groups is 2. The summed E-state index contributed by atoms with van der Waals surface area (Å²) in [5, 5.41) is 2.77. The number of anilines is 1. The van der Waals surface area contributed by atoms with Crippen LogP contribution in [-0.2, 0) is 14.3 Å². The minimum absolute atomic E-state index is 0.244. The van der Waals surface area contributed by atoms with Crippen LogP contribution in [0.1, 0.15) is 37.7 Å². The molecule has 24 heavy (non-hydrogen) atoms. The predicted molar refractivity (Wildman–Crippen MR) is 99.7 cm³/mol. The maximum absolute atomic E-state index is 12.0. The van der Waals surface area contributed by atoms with Crippen LogP contribution in [0.25, 0.3) is 0 Å². The van der Waals surface area contributed by atoms with Crippen LogP contribution >= 0.6 is 31.9 Å². The van der Waals surface area contributed by atoms with Gasteiger partial charge in [-0.2, -0.15) is 0 Å². The summed E-state index contributed by atoms with van der Waals surface area (Å²) in [5.41, 5.74) is 1.72. The Morgan fingerprint density at radius 2 is 1.92 bits per heavy atom. The fourth-order valence-electron chi connectivity index (χ4n) is 4.04. The molecule has 1 N–H and O–H groups in total. The van der Waals surface area contributed by atoms with Crippen molar-refractivity contribution in [2.45, 2.75) is 39.0 Å². The molecule has 0 saturated heterocycles. The Hall–Kier alpha value is -0.880. The topological polar surface area (TPSA) is 55.4 Å². The van der Waals surface area contributed by atoms with E-state index in [9.17, 15) is 9.59 Å². The Morgan fingerprint density at radius 1 is 1.21 bits per heavy atom. The highest BCUT2D eigenvalue weighted by Gasteiger charge is 2.40. The number of hydrogen-bond donors (Lipinski definition) is 1. The van der Waals surface area contributed by atoms with E-state index in [2.05, 4.69) is 37.2 Å². The van der Waals surface area contributed by atoms with E-state index in [1.807, 2.05) is 19.1 Å². The molecule has 1 aromatic carbocycles. The normalized spacial score (nSPS) is 24.9. The first-order valence-corrected chi connectivity index (χ1v) is 9.92. The molecular formula is C18H21Br2NO3. The van der Waals surface area contributed by atoms with Crippen molar-refractivity contribution >= 4 is 49.4 Å². The van der Waals surface area contributed by atoms with Crippen LogP contribution in [-0.4, -0.2) is 18.5 Å². The van der Waals surface area contributed by atoms with Gasteiger partial charge in [0.15, 0.2) is 6.61 Å². The first kappa shape index (κ1) is 17.9. The molecule has 2 aliphatic rings. The maximum Gasteiger partial charge on any atom is 0.306 e. The molecule has 130 valence electrons. The van der Waals surface area contributed by atoms with Gasteiger partial charge in [-0.05, 0) is 93.5 Å². The van der Waals surface area contributed by atoms with E-state index in [0.29, 0.717) is 23.9 Å². The minimum atomic E-state index is -0.332. The van der Waals surface area contributed by atoms with E-state index >= 15 is 0 Å². The lowest BCUT2D eigenvalue weighted by atomic mass is 9.86. The van der Waals surface area contributed by atoms with Gasteiger partial charge in [0.1, 0.15) is 0 Å². The average molecular weight is 459 g/mol. The van der Waals surface area contributed by atoms with Gasteiger partial charge in [-0.25, -0.2) is 0 Å². The van der Waals surface area contributed by atoms with E-state index in [1.165, 1.54) is 19.3 Å². The van der Waals surface area contributed by atoms with Gasteiger partial charge in [0, 0.05) is 15.4 Å². The van der Waals surface area contributed by atoms with E-state index < -0.39 is 0 Å². The summed E-state index contributed by atoms with van der Waals surface area (Å²) in [6.07, 6.45) is 5.44. The van der Waals surface area contributed by atoms with Gasteiger partial charge in [-0.15, -0.1) is 0 Å². The highest BCUT2D eigenvalue weighted by Crippen LogP contribution is 2.49. The fourth-order valence-corrected chi connectivity index (χ4v) is 5.65. The van der Waals surface area contributed by atoms with Crippen molar-refractivity contribution in [1.29, 1.82) is 0 Å². The summed E-state index contributed by atoms with van der Waals surface area (Å²) in [7, 11) is 0. The van der Waals surface area contributed by atoms with Crippen LogP contribution in [0, 0.1) is 24.7 Å². The van der Waals surface area contributed by atoms with Crippen molar-refractivity contribution in [2.75, 3.05) is 11.9 Å². The predicted octanol–water partition coefficient (Wildman–Crippen LogP) is 4.83. The highest BCUT2D eigenvalue weighted by molar-refractivity contribution is 9.11. The summed E-state index contributed by atoms with van der Waals surface area (Å²) in [6.45, 7) is 1.73. The number of ether oxygens (including phenoxy) is 1. The standard InChI is InChI=1S/C18H21Br2NO3/c1-10-4-14(19)18(15(20)5-10)21-16(22)9-24-17(23)8-13-7-11-2-3-12(13)6-11/h4-5,11-13H,2-3,6-9H2,1H3,(H,21,22)/t11-,12+,13-/m1/s1. The number of benzene rings is 1. The zero-order chi connectivity index (χ0) is 17.3. The summed E-state index contributed by atoms with van der Waals surface area (Å²) in [5.74, 6) is 1.37. The van der Waals surface area contributed by atoms with Crippen molar-refractivity contribution in [3.8, 4) is 0 Å². The van der Waals surface area contributed by atoms with Crippen LogP contribution < -0.4 is 5.32 Å². The number of aryl methyl sites for hydroxylation is 1. The van der Waals surface area contributed by atoms with Crippen LogP contribution in [0.5, 0.6) is 0 Å². The molecule has 6 heteroatoms. The number of carbonyl (C=O) groups excluding carboxylic acids is 2. The number of esters is 1. The maximum atomic E-state index is 12.0. The Bertz CT molecular complexity index is 639. The SMILES string of the molecule is Cc1cc(Br)c(NC(=O)COC(=O)C[C@H]2C[C@@H]3CC[C@H]2C3)c(Br)c1. The lowest BCUT2D eigenvalue weighted by Gasteiger charge is -2.20. The third-order valence-electron chi connectivity index (χ3n) is 5.13. The van der Waals surface area contributed by atoms with Crippen LogP contribution in [0.15, 0.2) is 21.1 Å². The fraction of sp³-hybridized carbons (Fsp3) is 0.556. The van der Waals surface area contributed by atoms with Gasteiger partial charge < -0.3 is 10.1 Å².